The van der Waals surface area contributed by atoms with Gasteiger partial charge in [-0.3, -0.25) is 9.58 Å². The first-order valence-electron chi connectivity index (χ1n) is 8.60. The van der Waals surface area contributed by atoms with E-state index in [2.05, 4.69) is 29.1 Å². The van der Waals surface area contributed by atoms with Gasteiger partial charge < -0.3 is 9.84 Å². The fraction of sp³-hybridized carbons (Fsp3) is 0.526. The van der Waals surface area contributed by atoms with Crippen molar-refractivity contribution in [3.05, 3.63) is 47.3 Å². The zero-order valence-corrected chi connectivity index (χ0v) is 14.8. The Bertz CT molecular complexity index is 675. The lowest BCUT2D eigenvalue weighted by Gasteiger charge is -2.34. The van der Waals surface area contributed by atoms with Crippen LogP contribution in [0, 0.1) is 12.8 Å². The molecule has 0 spiro atoms. The van der Waals surface area contributed by atoms with E-state index in [0.717, 1.165) is 43.9 Å². The van der Waals surface area contributed by atoms with Crippen molar-refractivity contribution in [1.29, 1.82) is 0 Å². The molecular weight excluding hydrogens is 302 g/mol. The molecule has 1 atom stereocenters. The molecule has 1 saturated heterocycles. The standard InChI is InChI=1S/C19H27N3O2/c1-14-12-17(24-3)5-4-16(14)13-22-10-7-15(8-11-22)19(23)18-6-9-20-21(18)2/h4-6,9,12,15,19,23H,7-8,10-11,13H2,1-3H3. The average Bonchev–Trinajstić information content (AvgIpc) is 3.02. The highest BCUT2D eigenvalue weighted by molar-refractivity contribution is 5.34. The number of rotatable bonds is 5. The Morgan fingerprint density at radius 1 is 1.29 bits per heavy atom. The minimum Gasteiger partial charge on any atom is -0.497 e. The van der Waals surface area contributed by atoms with Crippen molar-refractivity contribution in [1.82, 2.24) is 14.7 Å². The molecule has 1 aliphatic rings. The van der Waals surface area contributed by atoms with Crippen LogP contribution in [0.4, 0.5) is 0 Å². The highest BCUT2D eigenvalue weighted by Gasteiger charge is 2.27. The van der Waals surface area contributed by atoms with Gasteiger partial charge in [0.1, 0.15) is 5.75 Å². The maximum Gasteiger partial charge on any atom is 0.119 e. The number of nitrogens with zero attached hydrogens (tertiary/aromatic N) is 3. The Kier molecular flexibility index (Phi) is 5.21. The molecule has 1 fully saturated rings. The second-order valence-corrected chi connectivity index (χ2v) is 6.73. The molecule has 1 aliphatic heterocycles. The van der Waals surface area contributed by atoms with Crippen LogP contribution in [0.15, 0.2) is 30.5 Å². The topological polar surface area (TPSA) is 50.5 Å². The van der Waals surface area contributed by atoms with Crippen molar-refractivity contribution in [2.24, 2.45) is 13.0 Å². The van der Waals surface area contributed by atoms with Crippen LogP contribution in [-0.4, -0.2) is 40.0 Å². The van der Waals surface area contributed by atoms with Crippen molar-refractivity contribution in [3.8, 4) is 5.75 Å². The number of aromatic nitrogens is 2. The maximum atomic E-state index is 10.6. The summed E-state index contributed by atoms with van der Waals surface area (Å²) >= 11 is 0. The number of aryl methyl sites for hydroxylation is 2. The molecular formula is C19H27N3O2. The molecule has 0 bridgehead atoms. The van der Waals surface area contributed by atoms with Crippen molar-refractivity contribution >= 4 is 0 Å². The number of piperidine rings is 1. The summed E-state index contributed by atoms with van der Waals surface area (Å²) in [5, 5.41) is 14.8. The largest absolute Gasteiger partial charge is 0.497 e. The van der Waals surface area contributed by atoms with Crippen LogP contribution in [-0.2, 0) is 13.6 Å². The molecule has 2 aromatic rings. The summed E-state index contributed by atoms with van der Waals surface area (Å²) < 4.78 is 7.05. The second kappa shape index (κ2) is 7.36. The highest BCUT2D eigenvalue weighted by atomic mass is 16.5. The first kappa shape index (κ1) is 17.0. The molecule has 1 unspecified atom stereocenters. The third-order valence-corrected chi connectivity index (χ3v) is 5.18. The summed E-state index contributed by atoms with van der Waals surface area (Å²) in [6.07, 6.45) is 3.37. The van der Waals surface area contributed by atoms with Crippen molar-refractivity contribution < 1.29 is 9.84 Å². The summed E-state index contributed by atoms with van der Waals surface area (Å²) in [5.74, 6) is 1.22. The third-order valence-electron chi connectivity index (χ3n) is 5.18. The zero-order valence-electron chi connectivity index (χ0n) is 14.8. The van der Waals surface area contributed by atoms with Crippen LogP contribution in [0.2, 0.25) is 0 Å². The Balaban J connectivity index is 1.56. The van der Waals surface area contributed by atoms with E-state index in [1.165, 1.54) is 11.1 Å². The van der Waals surface area contributed by atoms with Crippen LogP contribution in [0.25, 0.3) is 0 Å². The average molecular weight is 329 g/mol. The monoisotopic (exact) mass is 329 g/mol. The van der Waals surface area contributed by atoms with Crippen LogP contribution in [0.5, 0.6) is 5.75 Å². The predicted octanol–water partition coefficient (Wildman–Crippen LogP) is 2.68. The molecule has 5 heteroatoms. The second-order valence-electron chi connectivity index (χ2n) is 6.73. The summed E-state index contributed by atoms with van der Waals surface area (Å²) in [5.41, 5.74) is 3.53. The number of aliphatic hydroxyl groups is 1. The molecule has 2 heterocycles. The number of ether oxygens (including phenoxy) is 1. The lowest BCUT2D eigenvalue weighted by Crippen LogP contribution is -2.35. The third kappa shape index (κ3) is 3.62. The number of methoxy groups -OCH3 is 1. The molecule has 24 heavy (non-hydrogen) atoms. The molecule has 5 nitrogen and oxygen atoms in total. The summed E-state index contributed by atoms with van der Waals surface area (Å²) in [6.45, 7) is 5.14. The number of likely N-dealkylation sites (tertiary alicyclic amines) is 1. The Labute approximate surface area is 143 Å². The van der Waals surface area contributed by atoms with Gasteiger partial charge >= 0.3 is 0 Å². The van der Waals surface area contributed by atoms with Gasteiger partial charge in [0, 0.05) is 19.8 Å². The predicted molar refractivity (Wildman–Crippen MR) is 93.9 cm³/mol. The van der Waals surface area contributed by atoms with E-state index in [1.807, 2.05) is 19.2 Å². The minimum absolute atomic E-state index is 0.314. The van der Waals surface area contributed by atoms with Gasteiger partial charge in [-0.25, -0.2) is 0 Å². The number of aliphatic hydroxyl groups excluding tert-OH is 1. The molecule has 1 aromatic carbocycles. The Morgan fingerprint density at radius 2 is 2.04 bits per heavy atom. The van der Waals surface area contributed by atoms with Gasteiger partial charge in [-0.05, 0) is 68.1 Å². The summed E-state index contributed by atoms with van der Waals surface area (Å²) in [6, 6.07) is 8.19. The molecule has 1 aromatic heterocycles. The molecule has 130 valence electrons. The molecule has 0 amide bonds. The van der Waals surface area contributed by atoms with Gasteiger partial charge in [-0.2, -0.15) is 5.10 Å². The molecule has 0 radical (unpaired) electrons. The number of hydrogen-bond acceptors (Lipinski definition) is 4. The Morgan fingerprint density at radius 3 is 2.62 bits per heavy atom. The van der Waals surface area contributed by atoms with Crippen molar-refractivity contribution in [2.45, 2.75) is 32.4 Å². The van der Waals surface area contributed by atoms with Gasteiger partial charge in [-0.15, -0.1) is 0 Å². The maximum absolute atomic E-state index is 10.6. The highest BCUT2D eigenvalue weighted by Crippen LogP contribution is 2.31. The number of benzene rings is 1. The fourth-order valence-electron chi connectivity index (χ4n) is 3.56. The molecule has 0 saturated carbocycles. The first-order valence-corrected chi connectivity index (χ1v) is 8.60. The summed E-state index contributed by atoms with van der Waals surface area (Å²) in [7, 11) is 3.59. The SMILES string of the molecule is COc1ccc(CN2CCC(C(O)c3ccnn3C)CC2)c(C)c1. The lowest BCUT2D eigenvalue weighted by atomic mass is 9.89. The summed E-state index contributed by atoms with van der Waals surface area (Å²) in [4.78, 5) is 2.47. The van der Waals surface area contributed by atoms with Crippen molar-refractivity contribution in [3.63, 3.8) is 0 Å². The van der Waals surface area contributed by atoms with E-state index >= 15 is 0 Å². The van der Waals surface area contributed by atoms with Gasteiger partial charge in [0.15, 0.2) is 0 Å². The van der Waals surface area contributed by atoms with E-state index < -0.39 is 6.10 Å². The van der Waals surface area contributed by atoms with Crippen LogP contribution in [0.3, 0.4) is 0 Å². The number of hydrogen-bond donors (Lipinski definition) is 1. The quantitative estimate of drug-likeness (QED) is 0.916. The van der Waals surface area contributed by atoms with Crippen molar-refractivity contribution in [2.75, 3.05) is 20.2 Å². The van der Waals surface area contributed by atoms with E-state index in [-0.39, 0.29) is 0 Å². The normalized spacial score (nSPS) is 17.8. The van der Waals surface area contributed by atoms with Gasteiger partial charge in [0.05, 0.1) is 18.9 Å². The molecule has 1 N–H and O–H groups in total. The minimum atomic E-state index is -0.414. The van der Waals surface area contributed by atoms with E-state index in [9.17, 15) is 5.11 Å². The van der Waals surface area contributed by atoms with Crippen LogP contribution < -0.4 is 4.74 Å². The molecule has 3 rings (SSSR count). The van der Waals surface area contributed by atoms with Gasteiger partial charge in [0.2, 0.25) is 0 Å². The zero-order chi connectivity index (χ0) is 17.1. The molecule has 0 aliphatic carbocycles. The lowest BCUT2D eigenvalue weighted by molar-refractivity contribution is 0.0514. The fourth-order valence-corrected chi connectivity index (χ4v) is 3.56. The van der Waals surface area contributed by atoms with E-state index in [1.54, 1.807) is 18.0 Å². The van der Waals surface area contributed by atoms with Gasteiger partial charge in [-0.1, -0.05) is 6.07 Å². The van der Waals surface area contributed by atoms with E-state index in [4.69, 9.17) is 4.74 Å². The van der Waals surface area contributed by atoms with E-state index in [0.29, 0.717) is 5.92 Å². The van der Waals surface area contributed by atoms with Crippen LogP contribution >= 0.6 is 0 Å². The Hall–Kier alpha value is -1.85. The van der Waals surface area contributed by atoms with Crippen LogP contribution in [0.1, 0.15) is 35.8 Å². The first-order chi connectivity index (χ1) is 11.6. The van der Waals surface area contributed by atoms with Gasteiger partial charge in [0.25, 0.3) is 0 Å². The smallest absolute Gasteiger partial charge is 0.119 e.